The molecule has 0 amide bonds. The van der Waals surface area contributed by atoms with Crippen LogP contribution in [0, 0.1) is 18.6 Å². The second kappa shape index (κ2) is 6.34. The van der Waals surface area contributed by atoms with Crippen molar-refractivity contribution in [3.05, 3.63) is 35.4 Å². The van der Waals surface area contributed by atoms with Crippen LogP contribution in [0.1, 0.15) is 18.9 Å². The Hall–Kier alpha value is -2.44. The van der Waals surface area contributed by atoms with Crippen LogP contribution in [0.3, 0.4) is 0 Å². The zero-order valence-electron chi connectivity index (χ0n) is 11.9. The highest BCUT2D eigenvalue weighted by atomic mass is 19.1. The third-order valence-electron chi connectivity index (χ3n) is 2.84. The summed E-state index contributed by atoms with van der Waals surface area (Å²) in [7, 11) is 0. The summed E-state index contributed by atoms with van der Waals surface area (Å²) in [6.07, 6.45) is 0.911. The Kier molecular flexibility index (Phi) is 4.52. The Balaban J connectivity index is 2.31. The number of benzene rings is 1. The van der Waals surface area contributed by atoms with Gasteiger partial charge in [0.05, 0.1) is 0 Å². The topological polar surface area (TPSA) is 75.9 Å². The largest absolute Gasteiger partial charge is 0.370 e. The van der Waals surface area contributed by atoms with E-state index in [4.69, 9.17) is 5.73 Å². The van der Waals surface area contributed by atoms with Crippen molar-refractivity contribution in [3.63, 3.8) is 0 Å². The molecule has 2 rings (SSSR count). The molecule has 0 atom stereocenters. The number of nitrogens with zero attached hydrogens (tertiary/aromatic N) is 2. The first-order chi connectivity index (χ1) is 10.0. The highest BCUT2D eigenvalue weighted by Gasteiger charge is 2.13. The standard InChI is InChI=1S/C14H17F2N5/c1-3-6-18-10-7-11(21-14(17)20-10)19-13-9(15)5-4-8(2)12(13)16/h4-5,7H,3,6H2,1-2H3,(H4,17,18,19,20,21). The molecule has 0 fully saturated rings. The summed E-state index contributed by atoms with van der Waals surface area (Å²) in [4.78, 5) is 7.93. The van der Waals surface area contributed by atoms with Crippen molar-refractivity contribution in [3.8, 4) is 0 Å². The maximum atomic E-state index is 14.0. The van der Waals surface area contributed by atoms with Crippen molar-refractivity contribution in [1.29, 1.82) is 0 Å². The minimum Gasteiger partial charge on any atom is -0.370 e. The first-order valence-electron chi connectivity index (χ1n) is 6.61. The summed E-state index contributed by atoms with van der Waals surface area (Å²) < 4.78 is 27.7. The van der Waals surface area contributed by atoms with Gasteiger partial charge >= 0.3 is 0 Å². The van der Waals surface area contributed by atoms with E-state index < -0.39 is 11.6 Å². The zero-order valence-corrected chi connectivity index (χ0v) is 11.9. The molecule has 1 aromatic carbocycles. The molecule has 5 nitrogen and oxygen atoms in total. The van der Waals surface area contributed by atoms with E-state index in [9.17, 15) is 8.78 Å². The lowest BCUT2D eigenvalue weighted by Gasteiger charge is -2.11. The number of halogens is 2. The Labute approximate surface area is 121 Å². The van der Waals surface area contributed by atoms with E-state index in [0.29, 0.717) is 17.9 Å². The van der Waals surface area contributed by atoms with Crippen LogP contribution in [0.25, 0.3) is 0 Å². The Morgan fingerprint density at radius 1 is 1.19 bits per heavy atom. The first-order valence-corrected chi connectivity index (χ1v) is 6.61. The van der Waals surface area contributed by atoms with Gasteiger partial charge in [0.1, 0.15) is 23.1 Å². The summed E-state index contributed by atoms with van der Waals surface area (Å²) in [5.74, 6) is -0.606. The fourth-order valence-corrected chi connectivity index (χ4v) is 1.77. The minimum absolute atomic E-state index is 0.0204. The van der Waals surface area contributed by atoms with Gasteiger partial charge in [0.15, 0.2) is 5.82 Å². The van der Waals surface area contributed by atoms with Crippen molar-refractivity contribution >= 4 is 23.3 Å². The fourth-order valence-electron chi connectivity index (χ4n) is 1.77. The monoisotopic (exact) mass is 293 g/mol. The van der Waals surface area contributed by atoms with Gasteiger partial charge in [-0.05, 0) is 25.0 Å². The van der Waals surface area contributed by atoms with Crippen molar-refractivity contribution in [1.82, 2.24) is 9.97 Å². The highest BCUT2D eigenvalue weighted by Crippen LogP contribution is 2.25. The molecule has 0 spiro atoms. The Bertz CT molecular complexity index is 646. The number of nitrogens with two attached hydrogens (primary N) is 1. The number of hydrogen-bond acceptors (Lipinski definition) is 5. The molecule has 0 aliphatic heterocycles. The van der Waals surface area contributed by atoms with Crippen LogP contribution in [0.5, 0.6) is 0 Å². The smallest absolute Gasteiger partial charge is 0.223 e. The van der Waals surface area contributed by atoms with E-state index in [1.165, 1.54) is 12.1 Å². The second-order valence-electron chi connectivity index (χ2n) is 4.60. The van der Waals surface area contributed by atoms with Crippen LogP contribution in [0.2, 0.25) is 0 Å². The molecule has 1 heterocycles. The second-order valence-corrected chi connectivity index (χ2v) is 4.60. The van der Waals surface area contributed by atoms with Gasteiger partial charge in [-0.2, -0.15) is 9.97 Å². The summed E-state index contributed by atoms with van der Waals surface area (Å²) in [6.45, 7) is 4.28. The molecule has 0 saturated heterocycles. The molecule has 0 saturated carbocycles. The first kappa shape index (κ1) is 15.0. The molecule has 21 heavy (non-hydrogen) atoms. The van der Waals surface area contributed by atoms with E-state index >= 15 is 0 Å². The van der Waals surface area contributed by atoms with E-state index in [1.807, 2.05) is 6.92 Å². The molecule has 0 unspecified atom stereocenters. The summed E-state index contributed by atoms with van der Waals surface area (Å²) in [6, 6.07) is 4.12. The van der Waals surface area contributed by atoms with Crippen molar-refractivity contribution in [2.45, 2.75) is 20.3 Å². The number of aryl methyl sites for hydroxylation is 1. The van der Waals surface area contributed by atoms with E-state index in [1.54, 1.807) is 13.0 Å². The lowest BCUT2D eigenvalue weighted by molar-refractivity contribution is 0.584. The zero-order chi connectivity index (χ0) is 15.4. The van der Waals surface area contributed by atoms with Gasteiger partial charge in [0.2, 0.25) is 5.95 Å². The highest BCUT2D eigenvalue weighted by molar-refractivity contribution is 5.62. The summed E-state index contributed by atoms with van der Waals surface area (Å²) >= 11 is 0. The van der Waals surface area contributed by atoms with E-state index in [2.05, 4.69) is 20.6 Å². The lowest BCUT2D eigenvalue weighted by atomic mass is 10.2. The van der Waals surface area contributed by atoms with Crippen LogP contribution >= 0.6 is 0 Å². The quantitative estimate of drug-likeness (QED) is 0.789. The molecule has 112 valence electrons. The number of nitrogens with one attached hydrogen (secondary N) is 2. The van der Waals surface area contributed by atoms with Gasteiger partial charge in [0, 0.05) is 12.6 Å². The van der Waals surface area contributed by atoms with Gasteiger partial charge in [0.25, 0.3) is 0 Å². The third kappa shape index (κ3) is 3.56. The van der Waals surface area contributed by atoms with Crippen LogP contribution in [-0.2, 0) is 0 Å². The molecule has 0 radical (unpaired) electrons. The van der Waals surface area contributed by atoms with Gasteiger partial charge in [-0.1, -0.05) is 13.0 Å². The Morgan fingerprint density at radius 2 is 1.90 bits per heavy atom. The number of hydrogen-bond donors (Lipinski definition) is 3. The predicted octanol–water partition coefficient (Wildman–Crippen LogP) is 3.21. The van der Waals surface area contributed by atoms with Gasteiger partial charge in [-0.25, -0.2) is 8.78 Å². The van der Waals surface area contributed by atoms with Crippen LogP contribution in [0.15, 0.2) is 18.2 Å². The van der Waals surface area contributed by atoms with Crippen molar-refractivity contribution in [2.24, 2.45) is 0 Å². The average molecular weight is 293 g/mol. The van der Waals surface area contributed by atoms with Crippen molar-refractivity contribution < 1.29 is 8.78 Å². The normalized spacial score (nSPS) is 10.5. The maximum Gasteiger partial charge on any atom is 0.223 e. The molecule has 7 heteroatoms. The number of aromatic nitrogens is 2. The number of anilines is 4. The molecule has 2 aromatic rings. The average Bonchev–Trinajstić information content (AvgIpc) is 2.45. The lowest BCUT2D eigenvalue weighted by Crippen LogP contribution is -2.08. The number of rotatable bonds is 5. The Morgan fingerprint density at radius 3 is 2.62 bits per heavy atom. The van der Waals surface area contributed by atoms with Crippen LogP contribution < -0.4 is 16.4 Å². The molecule has 0 bridgehead atoms. The molecular formula is C14H17F2N5. The molecule has 1 aromatic heterocycles. The van der Waals surface area contributed by atoms with Crippen LogP contribution in [-0.4, -0.2) is 16.5 Å². The summed E-state index contributed by atoms with van der Waals surface area (Å²) in [5, 5.41) is 5.66. The van der Waals surface area contributed by atoms with E-state index in [0.717, 1.165) is 6.42 Å². The molecule has 4 N–H and O–H groups in total. The van der Waals surface area contributed by atoms with Crippen molar-refractivity contribution in [2.75, 3.05) is 22.9 Å². The summed E-state index contributed by atoms with van der Waals surface area (Å²) in [5.41, 5.74) is 5.68. The molecule has 0 aliphatic rings. The van der Waals surface area contributed by atoms with Crippen LogP contribution in [0.4, 0.5) is 32.1 Å². The SMILES string of the molecule is CCCNc1cc(Nc2c(F)ccc(C)c2F)nc(N)n1. The third-order valence-corrected chi connectivity index (χ3v) is 2.84. The molecule has 0 aliphatic carbocycles. The predicted molar refractivity (Wildman–Crippen MR) is 79.6 cm³/mol. The minimum atomic E-state index is -0.696. The maximum absolute atomic E-state index is 14.0. The van der Waals surface area contributed by atoms with Gasteiger partial charge in [-0.15, -0.1) is 0 Å². The number of nitrogen functional groups attached to an aromatic ring is 1. The van der Waals surface area contributed by atoms with E-state index in [-0.39, 0.29) is 17.5 Å². The van der Waals surface area contributed by atoms with Gasteiger partial charge < -0.3 is 16.4 Å². The molecular weight excluding hydrogens is 276 g/mol. The fraction of sp³-hybridized carbons (Fsp3) is 0.286. The van der Waals surface area contributed by atoms with Gasteiger partial charge in [-0.3, -0.25) is 0 Å².